The first-order valence-electron chi connectivity index (χ1n) is 15.1. The molecule has 0 spiro atoms. The number of hydrogen-bond donors (Lipinski definition) is 1. The summed E-state index contributed by atoms with van der Waals surface area (Å²) in [5.74, 6) is 0. The fourth-order valence-corrected chi connectivity index (χ4v) is 11.6. The summed E-state index contributed by atoms with van der Waals surface area (Å²) in [6.07, 6.45) is 1.93. The zero-order valence-electron chi connectivity index (χ0n) is 24.5. The number of likely N-dealkylation sites (tertiary alicyclic amines) is 1. The Morgan fingerprint density at radius 1 is 0.674 bits per heavy atom. The topological polar surface area (TPSA) is 32.3 Å². The van der Waals surface area contributed by atoms with Crippen molar-refractivity contribution in [3.8, 4) is 0 Å². The van der Waals surface area contributed by atoms with Crippen LogP contribution in [0.1, 0.15) is 24.9 Å². The van der Waals surface area contributed by atoms with Crippen molar-refractivity contribution >= 4 is 43.1 Å². The lowest BCUT2D eigenvalue weighted by Gasteiger charge is -2.30. The SMILES string of the molecule is C[C@H](NC(=O)N1C[C@@H](P(c2ccccc2)c2ccccc2)C[C@H]1CP(c1ccccc1)c1ccccc1)c1ccccc1. The van der Waals surface area contributed by atoms with Gasteiger partial charge in [0.2, 0.25) is 0 Å². The van der Waals surface area contributed by atoms with Gasteiger partial charge in [0, 0.05) is 18.2 Å². The van der Waals surface area contributed by atoms with E-state index in [0.29, 0.717) is 5.66 Å². The van der Waals surface area contributed by atoms with E-state index in [2.05, 4.69) is 151 Å². The van der Waals surface area contributed by atoms with E-state index < -0.39 is 15.8 Å². The van der Waals surface area contributed by atoms with E-state index in [9.17, 15) is 4.79 Å². The molecule has 1 saturated heterocycles. The fraction of sp³-hybridized carbons (Fsp3) is 0.184. The molecular weight excluding hydrogens is 562 g/mol. The van der Waals surface area contributed by atoms with Crippen LogP contribution in [0.15, 0.2) is 152 Å². The summed E-state index contributed by atoms with van der Waals surface area (Å²) in [6, 6.07) is 54.0. The second kappa shape index (κ2) is 14.1. The summed E-state index contributed by atoms with van der Waals surface area (Å²) < 4.78 is 0. The minimum atomic E-state index is -0.642. The van der Waals surface area contributed by atoms with Crippen LogP contribution in [0.5, 0.6) is 0 Å². The van der Waals surface area contributed by atoms with Crippen LogP contribution in [0.3, 0.4) is 0 Å². The van der Waals surface area contributed by atoms with Gasteiger partial charge in [-0.1, -0.05) is 152 Å². The average Bonchev–Trinajstić information content (AvgIpc) is 3.49. The largest absolute Gasteiger partial charge is 0.331 e. The highest BCUT2D eigenvalue weighted by Crippen LogP contribution is 2.48. The highest BCUT2D eigenvalue weighted by atomic mass is 31.1. The summed E-state index contributed by atoms with van der Waals surface area (Å²) in [5.41, 5.74) is 1.49. The molecule has 0 bridgehead atoms. The molecule has 5 aromatic rings. The molecule has 5 heteroatoms. The lowest BCUT2D eigenvalue weighted by atomic mass is 10.1. The lowest BCUT2D eigenvalue weighted by Crippen LogP contribution is -2.45. The smallest absolute Gasteiger partial charge is 0.318 e. The molecule has 5 aromatic carbocycles. The number of amides is 2. The molecule has 1 aliphatic rings. The number of urea groups is 1. The minimum Gasteiger partial charge on any atom is -0.331 e. The monoisotopic (exact) mass is 600 g/mol. The quantitative estimate of drug-likeness (QED) is 0.179. The van der Waals surface area contributed by atoms with Crippen LogP contribution in [0.4, 0.5) is 4.79 Å². The minimum absolute atomic E-state index is 0.0380. The number of carbonyl (C=O) groups excluding carboxylic acids is 1. The number of nitrogens with zero attached hydrogens (tertiary/aromatic N) is 1. The van der Waals surface area contributed by atoms with Crippen molar-refractivity contribution in [2.75, 3.05) is 12.7 Å². The second-order valence-corrected chi connectivity index (χ2v) is 15.9. The van der Waals surface area contributed by atoms with Crippen LogP contribution in [0.25, 0.3) is 0 Å². The Labute approximate surface area is 258 Å². The van der Waals surface area contributed by atoms with Crippen molar-refractivity contribution in [1.82, 2.24) is 10.2 Å². The van der Waals surface area contributed by atoms with Crippen LogP contribution >= 0.6 is 15.8 Å². The summed E-state index contributed by atoms with van der Waals surface area (Å²) in [7, 11) is -1.28. The van der Waals surface area contributed by atoms with Gasteiger partial charge in [0.15, 0.2) is 0 Å². The van der Waals surface area contributed by atoms with Gasteiger partial charge in [-0.25, -0.2) is 4.79 Å². The molecule has 1 heterocycles. The molecule has 0 unspecified atom stereocenters. The molecular formula is C38H38N2OP2. The van der Waals surface area contributed by atoms with E-state index in [1.54, 1.807) is 0 Å². The Morgan fingerprint density at radius 2 is 1.09 bits per heavy atom. The molecule has 3 atom stereocenters. The molecule has 0 aromatic heterocycles. The number of nitrogens with one attached hydrogen (secondary N) is 1. The molecule has 0 radical (unpaired) electrons. The Hall–Kier alpha value is -3.77. The van der Waals surface area contributed by atoms with Gasteiger partial charge < -0.3 is 10.2 Å². The lowest BCUT2D eigenvalue weighted by molar-refractivity contribution is 0.193. The Bertz CT molecular complexity index is 1490. The van der Waals surface area contributed by atoms with Crippen molar-refractivity contribution in [2.45, 2.75) is 31.1 Å². The van der Waals surface area contributed by atoms with Gasteiger partial charge in [0.25, 0.3) is 0 Å². The van der Waals surface area contributed by atoms with Gasteiger partial charge in [0.1, 0.15) is 0 Å². The average molecular weight is 601 g/mol. The summed E-state index contributed by atoms with van der Waals surface area (Å²) in [6.45, 7) is 2.83. The molecule has 1 aliphatic heterocycles. The second-order valence-electron chi connectivity index (χ2n) is 11.1. The zero-order valence-corrected chi connectivity index (χ0v) is 26.3. The van der Waals surface area contributed by atoms with Crippen molar-refractivity contribution in [3.63, 3.8) is 0 Å². The number of rotatable bonds is 9. The van der Waals surface area contributed by atoms with Crippen LogP contribution in [-0.4, -0.2) is 35.3 Å². The van der Waals surface area contributed by atoms with Gasteiger partial charge in [-0.15, -0.1) is 0 Å². The normalized spacial score (nSPS) is 17.2. The van der Waals surface area contributed by atoms with E-state index in [0.717, 1.165) is 24.7 Å². The number of benzene rings is 5. The summed E-state index contributed by atoms with van der Waals surface area (Å²) >= 11 is 0. The maximum Gasteiger partial charge on any atom is 0.318 e. The highest BCUT2D eigenvalue weighted by Gasteiger charge is 2.41. The Balaban J connectivity index is 1.35. The van der Waals surface area contributed by atoms with Crippen molar-refractivity contribution < 1.29 is 4.79 Å². The molecule has 0 saturated carbocycles. The summed E-state index contributed by atoms with van der Waals surface area (Å²) in [4.78, 5) is 16.3. The van der Waals surface area contributed by atoms with Crippen LogP contribution in [-0.2, 0) is 0 Å². The first-order valence-corrected chi connectivity index (χ1v) is 18.0. The number of hydrogen-bond acceptors (Lipinski definition) is 1. The summed E-state index contributed by atoms with van der Waals surface area (Å²) in [5, 5.41) is 8.83. The molecule has 43 heavy (non-hydrogen) atoms. The third-order valence-electron chi connectivity index (χ3n) is 8.26. The van der Waals surface area contributed by atoms with Crippen molar-refractivity contribution in [3.05, 3.63) is 157 Å². The van der Waals surface area contributed by atoms with Gasteiger partial charge >= 0.3 is 6.03 Å². The predicted molar refractivity (Wildman–Crippen MR) is 185 cm³/mol. The van der Waals surface area contributed by atoms with Crippen molar-refractivity contribution in [2.24, 2.45) is 0 Å². The number of carbonyl (C=O) groups is 1. The molecule has 0 aliphatic carbocycles. The van der Waals surface area contributed by atoms with E-state index in [1.165, 1.54) is 21.2 Å². The van der Waals surface area contributed by atoms with Crippen LogP contribution < -0.4 is 26.5 Å². The third-order valence-corrected chi connectivity index (χ3v) is 13.7. The Morgan fingerprint density at radius 3 is 1.56 bits per heavy atom. The van der Waals surface area contributed by atoms with Gasteiger partial charge in [0.05, 0.1) is 6.04 Å². The molecule has 216 valence electrons. The van der Waals surface area contributed by atoms with Crippen LogP contribution in [0.2, 0.25) is 0 Å². The van der Waals surface area contributed by atoms with Gasteiger partial charge in [-0.05, 0) is 62.1 Å². The third kappa shape index (κ3) is 7.07. The molecule has 1 N–H and O–H groups in total. The van der Waals surface area contributed by atoms with Crippen LogP contribution in [0, 0.1) is 0 Å². The van der Waals surface area contributed by atoms with E-state index >= 15 is 0 Å². The van der Waals surface area contributed by atoms with E-state index in [4.69, 9.17) is 0 Å². The molecule has 6 rings (SSSR count). The first-order chi connectivity index (χ1) is 21.2. The van der Waals surface area contributed by atoms with E-state index in [1.807, 2.05) is 18.2 Å². The molecule has 1 fully saturated rings. The zero-order chi connectivity index (χ0) is 29.4. The molecule has 3 nitrogen and oxygen atoms in total. The maximum absolute atomic E-state index is 14.2. The van der Waals surface area contributed by atoms with Gasteiger partial charge in [-0.2, -0.15) is 0 Å². The maximum atomic E-state index is 14.2. The van der Waals surface area contributed by atoms with Gasteiger partial charge in [-0.3, -0.25) is 0 Å². The standard InChI is InChI=1S/C38H38N2OP2/c1-30(31-17-7-2-8-18-31)39-38(41)40-28-37(43(35-23-13-5-14-24-35)36-25-15-6-16-26-36)27-32(40)29-42(33-19-9-3-10-20-33)34-21-11-4-12-22-34/h2-26,30,32,37H,27-29H2,1H3,(H,39,41)/t30-,32-,37-/m0/s1. The van der Waals surface area contributed by atoms with Crippen molar-refractivity contribution in [1.29, 1.82) is 0 Å². The predicted octanol–water partition coefficient (Wildman–Crippen LogP) is 7.17. The fourth-order valence-electron chi connectivity index (χ4n) is 6.13. The highest BCUT2D eigenvalue weighted by molar-refractivity contribution is 7.74. The molecule has 2 amide bonds. The Kier molecular flexibility index (Phi) is 9.63. The van der Waals surface area contributed by atoms with E-state index in [-0.39, 0.29) is 18.1 Å². The first kappa shape index (κ1) is 29.3.